The first-order valence-corrected chi connectivity index (χ1v) is 7.36. The van der Waals surface area contributed by atoms with Gasteiger partial charge in [0.25, 0.3) is 0 Å². The van der Waals surface area contributed by atoms with Crippen LogP contribution < -0.4 is 0 Å². The zero-order chi connectivity index (χ0) is 11.6. The van der Waals surface area contributed by atoms with Crippen molar-refractivity contribution in [2.75, 3.05) is 25.1 Å². The molecule has 16 heavy (non-hydrogen) atoms. The Morgan fingerprint density at radius 1 is 1.69 bits per heavy atom. The molecular formula is C8H12BrN3O3S. The number of halogens is 1. The highest BCUT2D eigenvalue weighted by molar-refractivity contribution is 9.09. The maximum atomic E-state index is 12.2. The summed E-state index contributed by atoms with van der Waals surface area (Å²) in [5.41, 5.74) is 0. The zero-order valence-electron chi connectivity index (χ0n) is 8.47. The van der Waals surface area contributed by atoms with E-state index in [0.29, 0.717) is 25.1 Å². The first-order valence-electron chi connectivity index (χ1n) is 4.80. The van der Waals surface area contributed by atoms with Crippen LogP contribution in [0.2, 0.25) is 0 Å². The topological polar surface area (TPSA) is 75.3 Å². The van der Waals surface area contributed by atoms with E-state index in [1.165, 1.54) is 16.7 Å². The molecule has 1 unspecified atom stereocenters. The second-order valence-electron chi connectivity index (χ2n) is 3.43. The Hall–Kier alpha value is -0.440. The van der Waals surface area contributed by atoms with E-state index in [0.717, 1.165) is 0 Å². The second kappa shape index (κ2) is 4.82. The van der Waals surface area contributed by atoms with Crippen LogP contribution in [0.1, 0.15) is 0 Å². The highest BCUT2D eigenvalue weighted by Gasteiger charge is 2.33. The summed E-state index contributed by atoms with van der Waals surface area (Å²) in [4.78, 5) is 0.195. The van der Waals surface area contributed by atoms with Crippen LogP contribution in [0.3, 0.4) is 0 Å². The number of ether oxygens (including phenoxy) is 1. The Bertz CT molecular complexity index is 433. The molecule has 1 saturated heterocycles. The molecule has 1 aliphatic heterocycles. The predicted molar refractivity (Wildman–Crippen MR) is 60.9 cm³/mol. The third-order valence-corrected chi connectivity index (χ3v) is 5.10. The summed E-state index contributed by atoms with van der Waals surface area (Å²) in [5.74, 6) is 0. The van der Waals surface area contributed by atoms with Gasteiger partial charge >= 0.3 is 0 Å². The van der Waals surface area contributed by atoms with E-state index >= 15 is 0 Å². The summed E-state index contributed by atoms with van der Waals surface area (Å²) in [6.45, 7) is 1.23. The lowest BCUT2D eigenvalue weighted by atomic mass is 10.3. The molecule has 6 nitrogen and oxygen atoms in total. The number of nitrogens with zero attached hydrogens (tertiary/aromatic N) is 2. The van der Waals surface area contributed by atoms with Crippen LogP contribution in [0.5, 0.6) is 0 Å². The van der Waals surface area contributed by atoms with Gasteiger partial charge in [-0.25, -0.2) is 8.42 Å². The molecule has 1 atom stereocenters. The molecule has 0 bridgehead atoms. The standard InChI is InChI=1S/C8H12BrN3O3S/c9-3-7-6-15-2-1-12(7)16(13,14)8-4-10-11-5-8/h4-5,7H,1-3,6H2,(H,10,11). The van der Waals surface area contributed by atoms with E-state index < -0.39 is 10.0 Å². The number of alkyl halides is 1. The number of hydrogen-bond donors (Lipinski definition) is 1. The number of hydrogen-bond acceptors (Lipinski definition) is 4. The Kier molecular flexibility index (Phi) is 3.63. The molecule has 0 spiro atoms. The van der Waals surface area contributed by atoms with Gasteiger partial charge < -0.3 is 4.74 Å². The Labute approximate surface area is 102 Å². The minimum atomic E-state index is -3.45. The number of aromatic amines is 1. The van der Waals surface area contributed by atoms with Gasteiger partial charge in [0.15, 0.2) is 0 Å². The molecule has 1 aromatic rings. The van der Waals surface area contributed by atoms with E-state index in [4.69, 9.17) is 4.74 Å². The third kappa shape index (κ3) is 2.15. The van der Waals surface area contributed by atoms with E-state index in [1.54, 1.807) is 0 Å². The number of sulfonamides is 1. The van der Waals surface area contributed by atoms with Crippen molar-refractivity contribution in [1.82, 2.24) is 14.5 Å². The van der Waals surface area contributed by atoms with Gasteiger partial charge in [-0.3, -0.25) is 5.10 Å². The summed E-state index contributed by atoms with van der Waals surface area (Å²) in [5, 5.41) is 6.73. The quantitative estimate of drug-likeness (QED) is 0.809. The first-order chi connectivity index (χ1) is 7.66. The fraction of sp³-hybridized carbons (Fsp3) is 0.625. The molecule has 0 amide bonds. The summed E-state index contributed by atoms with van der Waals surface area (Å²) >= 11 is 3.30. The Balaban J connectivity index is 2.28. The monoisotopic (exact) mass is 309 g/mol. The van der Waals surface area contributed by atoms with E-state index in [-0.39, 0.29) is 10.9 Å². The van der Waals surface area contributed by atoms with Gasteiger partial charge in [0.05, 0.1) is 25.5 Å². The first kappa shape index (κ1) is 12.0. The van der Waals surface area contributed by atoms with Crippen LogP contribution >= 0.6 is 15.9 Å². The number of aromatic nitrogens is 2. The van der Waals surface area contributed by atoms with E-state index in [1.807, 2.05) is 0 Å². The minimum absolute atomic E-state index is 0.159. The minimum Gasteiger partial charge on any atom is -0.378 e. The fourth-order valence-corrected chi connectivity index (χ4v) is 3.82. The van der Waals surface area contributed by atoms with Gasteiger partial charge in [0.2, 0.25) is 10.0 Å². The molecule has 2 heterocycles. The molecule has 0 saturated carbocycles. The fourth-order valence-electron chi connectivity index (χ4n) is 1.59. The van der Waals surface area contributed by atoms with Crippen LogP contribution in [0, 0.1) is 0 Å². The molecule has 0 radical (unpaired) electrons. The molecule has 90 valence electrons. The van der Waals surface area contributed by atoms with Crippen molar-refractivity contribution >= 4 is 26.0 Å². The van der Waals surface area contributed by atoms with Crippen molar-refractivity contribution in [3.05, 3.63) is 12.4 Å². The average Bonchev–Trinajstić information content (AvgIpc) is 2.83. The van der Waals surface area contributed by atoms with Crippen molar-refractivity contribution in [1.29, 1.82) is 0 Å². The van der Waals surface area contributed by atoms with Crippen molar-refractivity contribution in [3.8, 4) is 0 Å². The Morgan fingerprint density at radius 2 is 2.50 bits per heavy atom. The number of rotatable bonds is 3. The van der Waals surface area contributed by atoms with Crippen molar-refractivity contribution in [2.24, 2.45) is 0 Å². The number of nitrogens with one attached hydrogen (secondary N) is 1. The van der Waals surface area contributed by atoms with E-state index in [9.17, 15) is 8.42 Å². The molecule has 0 aromatic carbocycles. The van der Waals surface area contributed by atoms with Crippen molar-refractivity contribution in [3.63, 3.8) is 0 Å². The lowest BCUT2D eigenvalue weighted by molar-refractivity contribution is 0.0413. The van der Waals surface area contributed by atoms with Crippen LogP contribution in [0.15, 0.2) is 17.3 Å². The van der Waals surface area contributed by atoms with Gasteiger partial charge in [0.1, 0.15) is 4.90 Å². The molecule has 1 N–H and O–H groups in total. The highest BCUT2D eigenvalue weighted by Crippen LogP contribution is 2.20. The van der Waals surface area contributed by atoms with Gasteiger partial charge in [-0.1, -0.05) is 15.9 Å². The average molecular weight is 310 g/mol. The number of H-pyrrole nitrogens is 1. The maximum Gasteiger partial charge on any atom is 0.246 e. The SMILES string of the molecule is O=S(=O)(c1cn[nH]c1)N1CCOCC1CBr. The van der Waals surface area contributed by atoms with Crippen molar-refractivity contribution in [2.45, 2.75) is 10.9 Å². The summed E-state index contributed by atoms with van der Waals surface area (Å²) in [6, 6.07) is -0.159. The van der Waals surface area contributed by atoms with Crippen molar-refractivity contribution < 1.29 is 13.2 Å². The molecule has 1 aromatic heterocycles. The van der Waals surface area contributed by atoms with Gasteiger partial charge in [0, 0.05) is 18.1 Å². The van der Waals surface area contributed by atoms with Gasteiger partial charge in [-0.2, -0.15) is 9.40 Å². The molecule has 1 fully saturated rings. The zero-order valence-corrected chi connectivity index (χ0v) is 10.9. The molecular weight excluding hydrogens is 298 g/mol. The predicted octanol–water partition coefficient (Wildman–Crippen LogP) is 0.194. The third-order valence-electron chi connectivity index (χ3n) is 2.43. The van der Waals surface area contributed by atoms with Crippen LogP contribution in [0.4, 0.5) is 0 Å². The molecule has 2 rings (SSSR count). The molecule has 1 aliphatic rings. The van der Waals surface area contributed by atoms with Gasteiger partial charge in [-0.05, 0) is 0 Å². The second-order valence-corrected chi connectivity index (χ2v) is 5.97. The van der Waals surface area contributed by atoms with Gasteiger partial charge in [-0.15, -0.1) is 0 Å². The lowest BCUT2D eigenvalue weighted by Crippen LogP contribution is -2.49. The molecule has 0 aliphatic carbocycles. The summed E-state index contributed by atoms with van der Waals surface area (Å²) in [7, 11) is -3.45. The van der Waals surface area contributed by atoms with Crippen LogP contribution in [-0.2, 0) is 14.8 Å². The lowest BCUT2D eigenvalue weighted by Gasteiger charge is -2.32. The van der Waals surface area contributed by atoms with Crippen LogP contribution in [0.25, 0.3) is 0 Å². The maximum absolute atomic E-state index is 12.2. The largest absolute Gasteiger partial charge is 0.378 e. The molecule has 8 heteroatoms. The summed E-state index contributed by atoms with van der Waals surface area (Å²) in [6.07, 6.45) is 2.70. The smallest absolute Gasteiger partial charge is 0.246 e. The highest BCUT2D eigenvalue weighted by atomic mass is 79.9. The summed E-state index contributed by atoms with van der Waals surface area (Å²) < 4.78 is 31.1. The Morgan fingerprint density at radius 3 is 3.12 bits per heavy atom. The normalized spacial score (nSPS) is 23.4. The number of morpholine rings is 1. The van der Waals surface area contributed by atoms with E-state index in [2.05, 4.69) is 26.1 Å². The van der Waals surface area contributed by atoms with Crippen LogP contribution in [-0.4, -0.2) is 54.1 Å².